The van der Waals surface area contributed by atoms with Crippen molar-refractivity contribution in [1.82, 2.24) is 14.5 Å². The highest BCUT2D eigenvalue weighted by Gasteiger charge is 2.17. The molecule has 78 valence electrons. The lowest BCUT2D eigenvalue weighted by Gasteiger charge is -2.11. The zero-order valence-corrected chi connectivity index (χ0v) is 9.68. The van der Waals surface area contributed by atoms with Gasteiger partial charge in [-0.05, 0) is 25.7 Å². The molecule has 2 aromatic heterocycles. The molecule has 0 atom stereocenters. The molecule has 1 aliphatic carbocycles. The van der Waals surface area contributed by atoms with Crippen molar-refractivity contribution in [1.29, 1.82) is 0 Å². The van der Waals surface area contributed by atoms with Gasteiger partial charge in [0.2, 0.25) is 0 Å². The summed E-state index contributed by atoms with van der Waals surface area (Å²) < 4.78 is 2.07. The summed E-state index contributed by atoms with van der Waals surface area (Å²) in [4.78, 5) is 8.70. The predicted molar refractivity (Wildman–Crippen MR) is 60.9 cm³/mol. The zero-order chi connectivity index (χ0) is 10.3. The Balaban J connectivity index is 2.08. The van der Waals surface area contributed by atoms with Crippen LogP contribution in [0, 0.1) is 0 Å². The lowest BCUT2D eigenvalue weighted by Crippen LogP contribution is -2.06. The first-order valence-corrected chi connectivity index (χ1v) is 6.27. The molecule has 0 N–H and O–H groups in total. The molecule has 2 heterocycles. The molecule has 0 radical (unpaired) electrons. The summed E-state index contributed by atoms with van der Waals surface area (Å²) >= 11 is 7.39. The largest absolute Gasteiger partial charge is 0.278 e. The summed E-state index contributed by atoms with van der Waals surface area (Å²) in [5.74, 6) is 0. The van der Waals surface area contributed by atoms with Crippen molar-refractivity contribution < 1.29 is 0 Å². The molecular formula is C10H10ClN3S. The molecule has 3 nitrogen and oxygen atoms in total. The third-order valence-corrected chi connectivity index (χ3v) is 3.86. The molecule has 0 amide bonds. The minimum atomic E-state index is 0.563. The van der Waals surface area contributed by atoms with Crippen LogP contribution in [0.4, 0.5) is 0 Å². The molecule has 0 saturated heterocycles. The average Bonchev–Trinajstić information content (AvgIpc) is 2.83. The van der Waals surface area contributed by atoms with Crippen molar-refractivity contribution in [3.05, 3.63) is 28.2 Å². The first-order chi connectivity index (χ1) is 7.34. The van der Waals surface area contributed by atoms with E-state index in [0.29, 0.717) is 5.15 Å². The fourth-order valence-corrected chi connectivity index (χ4v) is 2.93. The number of hydrogen-bond donors (Lipinski definition) is 0. The summed E-state index contributed by atoms with van der Waals surface area (Å²) in [5.41, 5.74) is 2.54. The van der Waals surface area contributed by atoms with Crippen molar-refractivity contribution in [3.63, 3.8) is 0 Å². The van der Waals surface area contributed by atoms with Crippen LogP contribution in [-0.4, -0.2) is 14.5 Å². The minimum absolute atomic E-state index is 0.563. The maximum atomic E-state index is 5.83. The Labute approximate surface area is 96.7 Å². The van der Waals surface area contributed by atoms with E-state index in [9.17, 15) is 0 Å². The molecule has 0 saturated carbocycles. The molecule has 0 spiro atoms. The van der Waals surface area contributed by atoms with Gasteiger partial charge in [0.1, 0.15) is 11.5 Å². The normalized spacial score (nSPS) is 15.3. The lowest BCUT2D eigenvalue weighted by molar-refractivity contribution is 0.655. The smallest absolute Gasteiger partial charge is 0.196 e. The predicted octanol–water partition coefficient (Wildman–Crippen LogP) is 2.86. The number of nitrogens with zero attached hydrogens (tertiary/aromatic N) is 3. The highest BCUT2D eigenvalue weighted by molar-refractivity contribution is 7.12. The van der Waals surface area contributed by atoms with Crippen molar-refractivity contribution >= 4 is 22.9 Å². The van der Waals surface area contributed by atoms with Crippen LogP contribution >= 0.6 is 22.9 Å². The summed E-state index contributed by atoms with van der Waals surface area (Å²) in [6.07, 6.45) is 6.57. The van der Waals surface area contributed by atoms with Gasteiger partial charge in [-0.3, -0.25) is 4.57 Å². The fraction of sp³-hybridized carbons (Fsp3) is 0.400. The van der Waals surface area contributed by atoms with E-state index in [4.69, 9.17) is 11.6 Å². The summed E-state index contributed by atoms with van der Waals surface area (Å²) in [5, 5.41) is 3.34. The van der Waals surface area contributed by atoms with E-state index in [1.807, 2.05) is 11.7 Å². The summed E-state index contributed by atoms with van der Waals surface area (Å²) in [7, 11) is 0. The molecule has 3 rings (SSSR count). The molecule has 15 heavy (non-hydrogen) atoms. The van der Waals surface area contributed by atoms with E-state index >= 15 is 0 Å². The second kappa shape index (κ2) is 3.61. The number of hydrogen-bond acceptors (Lipinski definition) is 3. The van der Waals surface area contributed by atoms with Crippen LogP contribution in [0.2, 0.25) is 5.15 Å². The van der Waals surface area contributed by atoms with Crippen LogP contribution in [0.25, 0.3) is 5.13 Å². The van der Waals surface area contributed by atoms with Gasteiger partial charge in [-0.15, -0.1) is 11.3 Å². The van der Waals surface area contributed by atoms with E-state index in [1.165, 1.54) is 24.2 Å². The van der Waals surface area contributed by atoms with Gasteiger partial charge < -0.3 is 0 Å². The highest BCUT2D eigenvalue weighted by Crippen LogP contribution is 2.25. The Kier molecular flexibility index (Phi) is 2.25. The van der Waals surface area contributed by atoms with Gasteiger partial charge in [0.05, 0.1) is 5.69 Å². The number of rotatable bonds is 1. The standard InChI is InChI=1S/C10H10ClN3S/c11-9-5-15-10(13-9)14-6-12-7-3-1-2-4-8(7)14/h5-6H,1-4H2. The summed E-state index contributed by atoms with van der Waals surface area (Å²) in [6.45, 7) is 0. The molecule has 0 fully saturated rings. The highest BCUT2D eigenvalue weighted by atomic mass is 35.5. The fourth-order valence-electron chi connectivity index (χ4n) is 1.99. The van der Waals surface area contributed by atoms with E-state index in [1.54, 1.807) is 11.3 Å². The molecule has 0 aliphatic heterocycles. The number of halogens is 1. The molecule has 5 heteroatoms. The van der Waals surface area contributed by atoms with Gasteiger partial charge in [0.25, 0.3) is 0 Å². The number of thiazole rings is 1. The molecule has 0 aromatic carbocycles. The van der Waals surface area contributed by atoms with Gasteiger partial charge in [-0.1, -0.05) is 11.6 Å². The van der Waals surface area contributed by atoms with E-state index in [0.717, 1.165) is 18.0 Å². The SMILES string of the molecule is Clc1csc(-n2cnc3c2CCCC3)n1. The van der Waals surface area contributed by atoms with Crippen LogP contribution in [0.15, 0.2) is 11.7 Å². The summed E-state index contributed by atoms with van der Waals surface area (Å²) in [6, 6.07) is 0. The van der Waals surface area contributed by atoms with Crippen LogP contribution in [0.3, 0.4) is 0 Å². The Morgan fingerprint density at radius 2 is 2.20 bits per heavy atom. The van der Waals surface area contributed by atoms with Gasteiger partial charge in [0.15, 0.2) is 5.13 Å². The molecule has 0 bridgehead atoms. The molecular weight excluding hydrogens is 230 g/mol. The topological polar surface area (TPSA) is 30.7 Å². The Morgan fingerprint density at radius 1 is 1.33 bits per heavy atom. The first-order valence-electron chi connectivity index (χ1n) is 5.01. The number of imidazole rings is 1. The van der Waals surface area contributed by atoms with Crippen molar-refractivity contribution in [2.45, 2.75) is 25.7 Å². The zero-order valence-electron chi connectivity index (χ0n) is 8.11. The Hall–Kier alpha value is -0.870. The maximum absolute atomic E-state index is 5.83. The number of fused-ring (bicyclic) bond motifs is 1. The van der Waals surface area contributed by atoms with Crippen LogP contribution < -0.4 is 0 Å². The maximum Gasteiger partial charge on any atom is 0.196 e. The Morgan fingerprint density at radius 3 is 3.00 bits per heavy atom. The van der Waals surface area contributed by atoms with Crippen molar-refractivity contribution in [2.75, 3.05) is 0 Å². The third kappa shape index (κ3) is 1.58. The van der Waals surface area contributed by atoms with E-state index in [-0.39, 0.29) is 0 Å². The third-order valence-electron chi connectivity index (χ3n) is 2.70. The Bertz CT molecular complexity index is 489. The average molecular weight is 240 g/mol. The van der Waals surface area contributed by atoms with Gasteiger partial charge in [-0.2, -0.15) is 0 Å². The van der Waals surface area contributed by atoms with Gasteiger partial charge in [0, 0.05) is 11.1 Å². The second-order valence-corrected chi connectivity index (χ2v) is 4.89. The lowest BCUT2D eigenvalue weighted by atomic mass is 10.0. The monoisotopic (exact) mass is 239 g/mol. The first kappa shape index (κ1) is 9.36. The van der Waals surface area contributed by atoms with Crippen LogP contribution in [0.5, 0.6) is 0 Å². The minimum Gasteiger partial charge on any atom is -0.278 e. The van der Waals surface area contributed by atoms with Crippen molar-refractivity contribution in [2.24, 2.45) is 0 Å². The van der Waals surface area contributed by atoms with Gasteiger partial charge >= 0.3 is 0 Å². The molecule has 1 aliphatic rings. The quantitative estimate of drug-likeness (QED) is 0.766. The van der Waals surface area contributed by atoms with Gasteiger partial charge in [-0.25, -0.2) is 9.97 Å². The van der Waals surface area contributed by atoms with Crippen LogP contribution in [0.1, 0.15) is 24.2 Å². The van der Waals surface area contributed by atoms with E-state index < -0.39 is 0 Å². The van der Waals surface area contributed by atoms with Crippen LogP contribution in [-0.2, 0) is 12.8 Å². The van der Waals surface area contributed by atoms with Crippen molar-refractivity contribution in [3.8, 4) is 5.13 Å². The molecule has 2 aromatic rings. The van der Waals surface area contributed by atoms with E-state index in [2.05, 4.69) is 14.5 Å². The molecule has 0 unspecified atom stereocenters. The number of aryl methyl sites for hydroxylation is 1. The second-order valence-electron chi connectivity index (χ2n) is 3.67. The number of aromatic nitrogens is 3.